The quantitative estimate of drug-likeness (QED) is 0.398. The molecule has 0 unspecified atom stereocenters. The maximum atomic E-state index is 9.75. The van der Waals surface area contributed by atoms with Crippen molar-refractivity contribution < 1.29 is 29.5 Å². The van der Waals surface area contributed by atoms with Crippen molar-refractivity contribution in [2.75, 3.05) is 13.2 Å². The lowest BCUT2D eigenvalue weighted by atomic mass is 10.1. The van der Waals surface area contributed by atoms with Crippen LogP contribution in [0.4, 0.5) is 0 Å². The minimum atomic E-state index is -1.23. The van der Waals surface area contributed by atoms with E-state index in [9.17, 15) is 15.3 Å². The van der Waals surface area contributed by atoms with Gasteiger partial charge < -0.3 is 29.5 Å². The Balaban J connectivity index is 4.15. The molecule has 3 N–H and O–H groups in total. The molecule has 0 aromatic carbocycles. The highest BCUT2D eigenvalue weighted by Crippen LogP contribution is 2.17. The topological polar surface area (TPSA) is 88.4 Å². The second kappa shape index (κ2) is 8.41. The average Bonchev–Trinajstić information content (AvgIpc) is 2.18. The monoisotopic (exact) mass is 308 g/mol. The second-order valence-electron chi connectivity index (χ2n) is 6.71. The number of hydrogen-bond acceptors (Lipinski definition) is 6. The van der Waals surface area contributed by atoms with Crippen molar-refractivity contribution in [3.8, 4) is 0 Å². The third kappa shape index (κ3) is 16.0. The van der Waals surface area contributed by atoms with Crippen LogP contribution in [0.25, 0.3) is 0 Å². The van der Waals surface area contributed by atoms with Gasteiger partial charge in [-0.1, -0.05) is 0 Å². The maximum Gasteiger partial charge on any atom is 0.160 e. The molecule has 0 aliphatic heterocycles. The molecular weight excluding hydrogens is 276 g/mol. The minimum Gasteiger partial charge on any atom is -0.366 e. The first kappa shape index (κ1) is 20.8. The molecule has 0 aromatic rings. The molecule has 1 atom stereocenters. The van der Waals surface area contributed by atoms with Gasteiger partial charge in [0.15, 0.2) is 17.4 Å². The summed E-state index contributed by atoms with van der Waals surface area (Å²) < 4.78 is 16.1. The molecule has 0 radical (unpaired) electrons. The zero-order valence-corrected chi connectivity index (χ0v) is 14.2. The molecule has 0 aromatic heterocycles. The highest BCUT2D eigenvalue weighted by atomic mass is 16.6. The van der Waals surface area contributed by atoms with Gasteiger partial charge in [0.05, 0.1) is 19.3 Å². The van der Waals surface area contributed by atoms with Gasteiger partial charge in [-0.15, -0.1) is 0 Å². The summed E-state index contributed by atoms with van der Waals surface area (Å²) in [5.74, 6) is -3.55. The lowest BCUT2D eigenvalue weighted by Crippen LogP contribution is -2.33. The third-order valence-electron chi connectivity index (χ3n) is 2.48. The molecule has 21 heavy (non-hydrogen) atoms. The van der Waals surface area contributed by atoms with E-state index >= 15 is 0 Å². The van der Waals surface area contributed by atoms with Crippen molar-refractivity contribution >= 4 is 0 Å². The Morgan fingerprint density at radius 2 is 1.19 bits per heavy atom. The highest BCUT2D eigenvalue weighted by Gasteiger charge is 2.22. The summed E-state index contributed by atoms with van der Waals surface area (Å²) in [5, 5.41) is 28.7. The molecule has 6 nitrogen and oxygen atoms in total. The number of rotatable bonds is 11. The number of ether oxygens (including phenoxy) is 3. The van der Waals surface area contributed by atoms with Crippen LogP contribution >= 0.6 is 0 Å². The van der Waals surface area contributed by atoms with Gasteiger partial charge in [0.1, 0.15) is 0 Å². The van der Waals surface area contributed by atoms with E-state index in [4.69, 9.17) is 14.2 Å². The summed E-state index contributed by atoms with van der Waals surface area (Å²) in [6.07, 6.45) is 1.69. The van der Waals surface area contributed by atoms with Gasteiger partial charge in [0.25, 0.3) is 0 Å². The Hall–Kier alpha value is -0.240. The van der Waals surface area contributed by atoms with Crippen LogP contribution in [0.15, 0.2) is 0 Å². The predicted molar refractivity (Wildman–Crippen MR) is 79.5 cm³/mol. The molecule has 0 saturated heterocycles. The van der Waals surface area contributed by atoms with Crippen molar-refractivity contribution in [1.82, 2.24) is 0 Å². The first-order chi connectivity index (χ1) is 9.29. The average molecular weight is 308 g/mol. The molecule has 0 saturated carbocycles. The van der Waals surface area contributed by atoms with E-state index in [1.54, 1.807) is 41.5 Å². The Bertz CT molecular complexity index is 271. The van der Waals surface area contributed by atoms with Gasteiger partial charge in [-0.25, -0.2) is 0 Å². The molecule has 0 amide bonds. The molecule has 0 rings (SSSR count). The van der Waals surface area contributed by atoms with Crippen LogP contribution in [0.2, 0.25) is 0 Å². The molecule has 0 heterocycles. The van der Waals surface area contributed by atoms with Crippen LogP contribution in [0.5, 0.6) is 0 Å². The molecule has 0 spiro atoms. The van der Waals surface area contributed by atoms with E-state index in [1.165, 1.54) is 0 Å². The van der Waals surface area contributed by atoms with Crippen molar-refractivity contribution in [2.24, 2.45) is 0 Å². The van der Waals surface area contributed by atoms with Gasteiger partial charge in [-0.2, -0.15) is 0 Å². The summed E-state index contributed by atoms with van der Waals surface area (Å²) in [6, 6.07) is 0. The predicted octanol–water partition coefficient (Wildman–Crippen LogP) is 1.76. The summed E-state index contributed by atoms with van der Waals surface area (Å²) in [6.45, 7) is 10.2. The van der Waals surface area contributed by atoms with E-state index < -0.39 is 17.4 Å². The van der Waals surface area contributed by atoms with Crippen LogP contribution < -0.4 is 0 Å². The Kier molecular flexibility index (Phi) is 8.31. The normalized spacial score (nSPS) is 15.3. The van der Waals surface area contributed by atoms with Gasteiger partial charge >= 0.3 is 0 Å². The Morgan fingerprint density at radius 3 is 1.62 bits per heavy atom. The number of aliphatic hydroxyl groups is 3. The fraction of sp³-hybridized carbons (Fsp3) is 1.00. The molecule has 6 heteroatoms. The summed E-state index contributed by atoms with van der Waals surface area (Å²) in [5.41, 5.74) is 0. The lowest BCUT2D eigenvalue weighted by molar-refractivity contribution is -0.222. The standard InChI is InChI=1S/C15H32O6/c1-13(2,16)19-10-7-8-12(21-15(5,6)18)9-11-20-14(3,4)17/h12,16-18H,7-11H2,1-6H3/t12-/m0/s1. The summed E-state index contributed by atoms with van der Waals surface area (Å²) >= 11 is 0. The Morgan fingerprint density at radius 1 is 0.714 bits per heavy atom. The second-order valence-corrected chi connectivity index (χ2v) is 6.71. The van der Waals surface area contributed by atoms with Crippen molar-refractivity contribution in [3.05, 3.63) is 0 Å². The van der Waals surface area contributed by atoms with E-state index in [0.29, 0.717) is 32.5 Å². The van der Waals surface area contributed by atoms with Gasteiger partial charge in [0, 0.05) is 0 Å². The van der Waals surface area contributed by atoms with E-state index in [0.717, 1.165) is 0 Å². The van der Waals surface area contributed by atoms with Gasteiger partial charge in [-0.05, 0) is 60.8 Å². The van der Waals surface area contributed by atoms with Gasteiger partial charge in [0.2, 0.25) is 0 Å². The zero-order chi connectivity index (χ0) is 16.7. The minimum absolute atomic E-state index is 0.210. The summed E-state index contributed by atoms with van der Waals surface area (Å²) in [4.78, 5) is 0. The molecule has 0 fully saturated rings. The number of hydrogen-bond donors (Lipinski definition) is 3. The van der Waals surface area contributed by atoms with Crippen LogP contribution in [-0.2, 0) is 14.2 Å². The van der Waals surface area contributed by atoms with Crippen molar-refractivity contribution in [3.63, 3.8) is 0 Å². The maximum absolute atomic E-state index is 9.75. The Labute approximate surface area is 128 Å². The van der Waals surface area contributed by atoms with Crippen LogP contribution in [-0.4, -0.2) is 52.0 Å². The molecule has 0 bridgehead atoms. The fourth-order valence-corrected chi connectivity index (χ4v) is 1.74. The van der Waals surface area contributed by atoms with E-state index in [-0.39, 0.29) is 6.10 Å². The van der Waals surface area contributed by atoms with Crippen molar-refractivity contribution in [1.29, 1.82) is 0 Å². The first-order valence-corrected chi connectivity index (χ1v) is 7.41. The van der Waals surface area contributed by atoms with Crippen LogP contribution in [0.3, 0.4) is 0 Å². The SMILES string of the molecule is CC(C)(O)OCCC[C@@H](CCOC(C)(C)O)OC(C)(C)O. The molecule has 0 aliphatic rings. The highest BCUT2D eigenvalue weighted by molar-refractivity contribution is 4.64. The molecule has 0 aliphatic carbocycles. The van der Waals surface area contributed by atoms with E-state index in [1.807, 2.05) is 0 Å². The largest absolute Gasteiger partial charge is 0.366 e. The van der Waals surface area contributed by atoms with Gasteiger partial charge in [-0.3, -0.25) is 0 Å². The van der Waals surface area contributed by atoms with Crippen LogP contribution in [0, 0.1) is 0 Å². The first-order valence-electron chi connectivity index (χ1n) is 7.41. The lowest BCUT2D eigenvalue weighted by Gasteiger charge is -2.28. The van der Waals surface area contributed by atoms with E-state index in [2.05, 4.69) is 0 Å². The molecular formula is C15H32O6. The third-order valence-corrected chi connectivity index (χ3v) is 2.48. The summed E-state index contributed by atoms with van der Waals surface area (Å²) in [7, 11) is 0. The van der Waals surface area contributed by atoms with Crippen molar-refractivity contribution in [2.45, 2.75) is 84.3 Å². The smallest absolute Gasteiger partial charge is 0.160 e. The molecule has 128 valence electrons. The zero-order valence-electron chi connectivity index (χ0n) is 14.2. The fourth-order valence-electron chi connectivity index (χ4n) is 1.74. The van der Waals surface area contributed by atoms with Crippen LogP contribution in [0.1, 0.15) is 60.8 Å².